The van der Waals surface area contributed by atoms with Gasteiger partial charge in [0.1, 0.15) is 0 Å². The van der Waals surface area contributed by atoms with Gasteiger partial charge in [0.05, 0.1) is 12.9 Å². The van der Waals surface area contributed by atoms with E-state index in [0.29, 0.717) is 5.92 Å². The first-order valence-electron chi connectivity index (χ1n) is 10.9. The van der Waals surface area contributed by atoms with Crippen LogP contribution in [0.25, 0.3) is 0 Å². The third kappa shape index (κ3) is 5.06. The molecule has 0 radical (unpaired) electrons. The highest BCUT2D eigenvalue weighted by Crippen LogP contribution is 2.36. The lowest BCUT2D eigenvalue weighted by Crippen LogP contribution is -1.98. The van der Waals surface area contributed by atoms with Crippen molar-refractivity contribution in [1.29, 1.82) is 0 Å². The topological polar surface area (TPSA) is 9.23 Å². The molecular formula is C29H28O. The van der Waals surface area contributed by atoms with E-state index in [0.717, 1.165) is 35.3 Å². The Bertz CT molecular complexity index is 1090. The third-order valence-corrected chi connectivity index (χ3v) is 5.98. The lowest BCUT2D eigenvalue weighted by Gasteiger charge is -2.13. The van der Waals surface area contributed by atoms with Crippen molar-refractivity contribution in [3.05, 3.63) is 93.8 Å². The molecule has 1 nitrogen and oxygen atoms in total. The maximum Gasteiger partial charge on any atom is 0.0959 e. The maximum absolute atomic E-state index is 5.32. The highest BCUT2D eigenvalue weighted by molar-refractivity contribution is 5.53. The average Bonchev–Trinajstić information content (AvgIpc) is 3.33. The Morgan fingerprint density at radius 1 is 0.800 bits per heavy atom. The van der Waals surface area contributed by atoms with E-state index in [1.807, 2.05) is 6.08 Å². The second-order valence-corrected chi connectivity index (χ2v) is 8.18. The molecule has 0 unspecified atom stereocenters. The molecule has 1 fully saturated rings. The smallest absolute Gasteiger partial charge is 0.0959 e. The zero-order valence-electron chi connectivity index (χ0n) is 17.9. The van der Waals surface area contributed by atoms with Crippen molar-refractivity contribution in [2.24, 2.45) is 0 Å². The van der Waals surface area contributed by atoms with E-state index in [2.05, 4.69) is 79.1 Å². The fourth-order valence-corrected chi connectivity index (χ4v) is 4.15. The van der Waals surface area contributed by atoms with Crippen molar-refractivity contribution in [1.82, 2.24) is 0 Å². The van der Waals surface area contributed by atoms with E-state index in [1.165, 1.54) is 42.4 Å². The van der Waals surface area contributed by atoms with Gasteiger partial charge >= 0.3 is 0 Å². The molecule has 30 heavy (non-hydrogen) atoms. The van der Waals surface area contributed by atoms with Crippen molar-refractivity contribution in [2.45, 2.75) is 51.4 Å². The molecule has 2 aromatic rings. The molecule has 2 aromatic carbocycles. The molecule has 0 amide bonds. The van der Waals surface area contributed by atoms with Crippen LogP contribution in [0.15, 0.2) is 65.9 Å². The van der Waals surface area contributed by atoms with Gasteiger partial charge in [-0.2, -0.15) is 0 Å². The summed E-state index contributed by atoms with van der Waals surface area (Å²) in [6.45, 7) is 2.10. The number of ether oxygens (including phenoxy) is 1. The van der Waals surface area contributed by atoms with Gasteiger partial charge < -0.3 is 4.74 Å². The van der Waals surface area contributed by atoms with E-state index < -0.39 is 0 Å². The van der Waals surface area contributed by atoms with Crippen LogP contribution in [0.1, 0.15) is 72.3 Å². The molecule has 2 aliphatic rings. The standard InChI is InChI=1S/C29H28O/c1-22-7-9-23(10-8-22)11-12-25-14-18-27(29(21-25)26-5-3-4-6-26)17-13-24-15-19-28(30-2)20-16-24/h7-10,14-15,18-19,21,26H,3-6,16,20H2,1-2H3. The van der Waals surface area contributed by atoms with Gasteiger partial charge in [0.15, 0.2) is 0 Å². The van der Waals surface area contributed by atoms with Gasteiger partial charge in [-0.1, -0.05) is 54.2 Å². The minimum Gasteiger partial charge on any atom is -0.501 e. The van der Waals surface area contributed by atoms with Gasteiger partial charge in [0.2, 0.25) is 0 Å². The van der Waals surface area contributed by atoms with Gasteiger partial charge in [-0.05, 0) is 80.2 Å². The molecular weight excluding hydrogens is 364 g/mol. The van der Waals surface area contributed by atoms with Gasteiger partial charge in [0.25, 0.3) is 0 Å². The van der Waals surface area contributed by atoms with Crippen molar-refractivity contribution < 1.29 is 4.74 Å². The van der Waals surface area contributed by atoms with E-state index in [4.69, 9.17) is 4.74 Å². The first kappa shape index (κ1) is 20.1. The number of methoxy groups -OCH3 is 1. The van der Waals surface area contributed by atoms with Gasteiger partial charge in [-0.25, -0.2) is 0 Å². The minimum atomic E-state index is 0.607. The molecule has 1 heteroatoms. The summed E-state index contributed by atoms with van der Waals surface area (Å²) in [7, 11) is 1.73. The number of hydrogen-bond donors (Lipinski definition) is 0. The zero-order chi connectivity index (χ0) is 20.8. The first-order chi connectivity index (χ1) is 14.7. The minimum absolute atomic E-state index is 0.607. The lowest BCUT2D eigenvalue weighted by molar-refractivity contribution is 0.276. The summed E-state index contributed by atoms with van der Waals surface area (Å²) in [5.74, 6) is 15.2. The molecule has 0 spiro atoms. The Balaban J connectivity index is 1.62. The molecule has 0 heterocycles. The lowest BCUT2D eigenvalue weighted by atomic mass is 9.91. The first-order valence-corrected chi connectivity index (χ1v) is 10.9. The largest absolute Gasteiger partial charge is 0.501 e. The summed E-state index contributed by atoms with van der Waals surface area (Å²) in [6, 6.07) is 14.9. The average molecular weight is 393 g/mol. The Hall–Kier alpha value is -3.16. The fraction of sp³-hybridized carbons (Fsp3) is 0.310. The van der Waals surface area contributed by atoms with Crippen LogP contribution in [-0.2, 0) is 4.74 Å². The predicted molar refractivity (Wildman–Crippen MR) is 124 cm³/mol. The van der Waals surface area contributed by atoms with Crippen LogP contribution in [-0.4, -0.2) is 7.11 Å². The second-order valence-electron chi connectivity index (χ2n) is 8.18. The molecule has 0 aliphatic heterocycles. The zero-order valence-corrected chi connectivity index (χ0v) is 17.9. The highest BCUT2D eigenvalue weighted by atomic mass is 16.5. The van der Waals surface area contributed by atoms with Crippen LogP contribution in [0.3, 0.4) is 0 Å². The van der Waals surface area contributed by atoms with Crippen LogP contribution < -0.4 is 0 Å². The summed E-state index contributed by atoms with van der Waals surface area (Å²) >= 11 is 0. The Kier molecular flexibility index (Phi) is 6.41. The third-order valence-electron chi connectivity index (χ3n) is 5.98. The Labute approximate surface area is 180 Å². The molecule has 0 N–H and O–H groups in total. The van der Waals surface area contributed by atoms with E-state index in [1.54, 1.807) is 7.11 Å². The molecule has 1 saturated carbocycles. The number of aryl methyl sites for hydroxylation is 1. The molecule has 150 valence electrons. The van der Waals surface area contributed by atoms with Crippen LogP contribution >= 0.6 is 0 Å². The van der Waals surface area contributed by atoms with Crippen molar-refractivity contribution in [2.75, 3.05) is 7.11 Å². The second kappa shape index (κ2) is 9.56. The van der Waals surface area contributed by atoms with Crippen LogP contribution in [0.5, 0.6) is 0 Å². The summed E-state index contributed by atoms with van der Waals surface area (Å²) in [5.41, 5.74) is 7.10. The molecule has 0 aromatic heterocycles. The normalized spacial score (nSPS) is 15.9. The van der Waals surface area contributed by atoms with Crippen LogP contribution in [0.4, 0.5) is 0 Å². The van der Waals surface area contributed by atoms with E-state index >= 15 is 0 Å². The Morgan fingerprint density at radius 3 is 2.23 bits per heavy atom. The quantitative estimate of drug-likeness (QED) is 0.520. The van der Waals surface area contributed by atoms with E-state index in [-0.39, 0.29) is 0 Å². The maximum atomic E-state index is 5.32. The number of allylic oxidation sites excluding steroid dienone is 4. The predicted octanol–water partition coefficient (Wildman–Crippen LogP) is 6.65. The molecule has 0 saturated heterocycles. The SMILES string of the molecule is COC1=CC=C(C#Cc2ccc(C#Cc3ccc(C)cc3)cc2C2CCCC2)CC1. The summed E-state index contributed by atoms with van der Waals surface area (Å²) in [6.07, 6.45) is 11.1. The fourth-order valence-electron chi connectivity index (χ4n) is 4.15. The molecule has 0 atom stereocenters. The summed E-state index contributed by atoms with van der Waals surface area (Å²) in [5, 5.41) is 0. The van der Waals surface area contributed by atoms with Gasteiger partial charge in [-0.3, -0.25) is 0 Å². The molecule has 4 rings (SSSR count). The number of benzene rings is 2. The number of hydrogen-bond acceptors (Lipinski definition) is 1. The molecule has 0 bridgehead atoms. The molecule has 2 aliphatic carbocycles. The van der Waals surface area contributed by atoms with E-state index in [9.17, 15) is 0 Å². The monoisotopic (exact) mass is 392 g/mol. The Morgan fingerprint density at radius 2 is 1.53 bits per heavy atom. The van der Waals surface area contributed by atoms with Crippen molar-refractivity contribution >= 4 is 0 Å². The summed E-state index contributed by atoms with van der Waals surface area (Å²) in [4.78, 5) is 0. The summed E-state index contributed by atoms with van der Waals surface area (Å²) < 4.78 is 5.32. The number of rotatable bonds is 2. The van der Waals surface area contributed by atoms with Crippen LogP contribution in [0, 0.1) is 30.6 Å². The van der Waals surface area contributed by atoms with Gasteiger partial charge in [-0.15, -0.1) is 0 Å². The van der Waals surface area contributed by atoms with Crippen LogP contribution in [0.2, 0.25) is 0 Å². The van der Waals surface area contributed by atoms with Crippen molar-refractivity contribution in [3.63, 3.8) is 0 Å². The van der Waals surface area contributed by atoms with Crippen molar-refractivity contribution in [3.8, 4) is 23.7 Å². The van der Waals surface area contributed by atoms with Gasteiger partial charge in [0, 0.05) is 28.7 Å². The highest BCUT2D eigenvalue weighted by Gasteiger charge is 2.19.